The van der Waals surface area contributed by atoms with Crippen molar-refractivity contribution in [3.05, 3.63) is 34.9 Å². The van der Waals surface area contributed by atoms with Gasteiger partial charge in [-0.25, -0.2) is 9.80 Å². The van der Waals surface area contributed by atoms with Crippen LogP contribution in [0.5, 0.6) is 0 Å². The van der Waals surface area contributed by atoms with Crippen LogP contribution in [-0.4, -0.2) is 59.4 Å². The molecule has 0 saturated carbocycles. The molecule has 3 rings (SSSR count). The van der Waals surface area contributed by atoms with E-state index < -0.39 is 24.7 Å². The predicted molar refractivity (Wildman–Crippen MR) is 103 cm³/mol. The number of piperidine rings is 1. The molecule has 2 aliphatic rings. The summed E-state index contributed by atoms with van der Waals surface area (Å²) in [5.41, 5.74) is 1.31. The maximum atomic E-state index is 12.4. The van der Waals surface area contributed by atoms with Gasteiger partial charge in [0.1, 0.15) is 0 Å². The Bertz CT molecular complexity index is 783. The van der Waals surface area contributed by atoms with E-state index in [1.54, 1.807) is 29.2 Å². The Morgan fingerprint density at radius 1 is 1.24 bits per heavy atom. The van der Waals surface area contributed by atoms with E-state index in [-0.39, 0.29) is 25.4 Å². The van der Waals surface area contributed by atoms with Gasteiger partial charge in [0, 0.05) is 36.5 Å². The standard InChI is InChI=1S/C19H22ClF3N4O2/c20-14-7-5-13(6-8-14)17-15(26-11-2-1-4-16(26)28)12-27(25-17)18(29)24-10-3-9-19(21,22)23/h5-8,15H,1-4,9-12H2,(H,24,29). The second kappa shape index (κ2) is 9.02. The molecule has 0 spiro atoms. The average Bonchev–Trinajstić information content (AvgIpc) is 3.10. The number of urea groups is 1. The minimum atomic E-state index is -4.25. The lowest BCUT2D eigenvalue weighted by Crippen LogP contribution is -2.50. The molecule has 0 bridgehead atoms. The Morgan fingerprint density at radius 3 is 2.62 bits per heavy atom. The molecule has 1 fully saturated rings. The molecule has 3 amide bonds. The molecule has 6 nitrogen and oxygen atoms in total. The lowest BCUT2D eigenvalue weighted by molar-refractivity contribution is -0.135. The number of halogens is 4. The zero-order valence-electron chi connectivity index (χ0n) is 15.7. The molecule has 1 atom stereocenters. The van der Waals surface area contributed by atoms with Crippen LogP contribution < -0.4 is 5.32 Å². The molecular formula is C19H22ClF3N4O2. The second-order valence-corrected chi connectivity index (χ2v) is 7.52. The minimum absolute atomic E-state index is 0.00958. The molecule has 10 heteroatoms. The summed E-state index contributed by atoms with van der Waals surface area (Å²) in [7, 11) is 0. The van der Waals surface area contributed by atoms with Crippen molar-refractivity contribution in [2.24, 2.45) is 5.10 Å². The van der Waals surface area contributed by atoms with Crippen LogP contribution in [0.25, 0.3) is 0 Å². The zero-order valence-corrected chi connectivity index (χ0v) is 16.5. The Labute approximate surface area is 171 Å². The number of hydrogen-bond donors (Lipinski definition) is 1. The molecule has 0 aliphatic carbocycles. The molecule has 0 radical (unpaired) electrons. The number of likely N-dealkylation sites (tertiary alicyclic amines) is 1. The van der Waals surface area contributed by atoms with E-state index in [1.807, 2.05) is 0 Å². The number of carbonyl (C=O) groups excluding carboxylic acids is 2. The van der Waals surface area contributed by atoms with Crippen LogP contribution in [0.15, 0.2) is 29.4 Å². The van der Waals surface area contributed by atoms with Crippen molar-refractivity contribution in [1.29, 1.82) is 0 Å². The summed E-state index contributed by atoms with van der Waals surface area (Å²) in [5, 5.41) is 8.59. The van der Waals surface area contributed by atoms with Crippen molar-refractivity contribution in [3.8, 4) is 0 Å². The van der Waals surface area contributed by atoms with E-state index in [1.165, 1.54) is 5.01 Å². The van der Waals surface area contributed by atoms with Gasteiger partial charge in [0.15, 0.2) is 0 Å². The average molecular weight is 431 g/mol. The molecule has 2 aliphatic heterocycles. The lowest BCUT2D eigenvalue weighted by atomic mass is 10.00. The summed E-state index contributed by atoms with van der Waals surface area (Å²) in [6, 6.07) is 5.97. The quantitative estimate of drug-likeness (QED) is 0.722. The number of alkyl halides is 3. The summed E-state index contributed by atoms with van der Waals surface area (Å²) in [4.78, 5) is 26.6. The van der Waals surface area contributed by atoms with Gasteiger partial charge in [0.25, 0.3) is 0 Å². The van der Waals surface area contributed by atoms with E-state index >= 15 is 0 Å². The molecule has 29 heavy (non-hydrogen) atoms. The van der Waals surface area contributed by atoms with Crippen molar-refractivity contribution in [2.75, 3.05) is 19.6 Å². The fraction of sp³-hybridized carbons (Fsp3) is 0.526. The molecule has 1 unspecified atom stereocenters. The van der Waals surface area contributed by atoms with Crippen molar-refractivity contribution in [1.82, 2.24) is 15.2 Å². The van der Waals surface area contributed by atoms with Gasteiger partial charge in [-0.05, 0) is 31.4 Å². The van der Waals surface area contributed by atoms with Crippen molar-refractivity contribution in [3.63, 3.8) is 0 Å². The maximum Gasteiger partial charge on any atom is 0.389 e. The van der Waals surface area contributed by atoms with Crippen molar-refractivity contribution < 1.29 is 22.8 Å². The summed E-state index contributed by atoms with van der Waals surface area (Å²) >= 11 is 5.95. The molecule has 1 N–H and O–H groups in total. The van der Waals surface area contributed by atoms with Crippen LogP contribution in [0, 0.1) is 0 Å². The van der Waals surface area contributed by atoms with E-state index in [0.29, 0.717) is 23.7 Å². The number of hydrogen-bond acceptors (Lipinski definition) is 3. The zero-order chi connectivity index (χ0) is 21.0. The normalized spacial score (nSPS) is 20.1. The SMILES string of the molecule is O=C(NCCCC(F)(F)F)N1CC(N2CCCCC2=O)C(c2ccc(Cl)cc2)=N1. The van der Waals surface area contributed by atoms with E-state index in [9.17, 15) is 22.8 Å². The van der Waals surface area contributed by atoms with Crippen LogP contribution in [0.1, 0.15) is 37.7 Å². The fourth-order valence-electron chi connectivity index (χ4n) is 3.46. The highest BCUT2D eigenvalue weighted by atomic mass is 35.5. The monoisotopic (exact) mass is 430 g/mol. The third kappa shape index (κ3) is 5.62. The van der Waals surface area contributed by atoms with E-state index in [4.69, 9.17) is 11.6 Å². The first-order valence-electron chi connectivity index (χ1n) is 9.50. The molecule has 1 aromatic rings. The van der Waals surface area contributed by atoms with Gasteiger partial charge >= 0.3 is 12.2 Å². The van der Waals surface area contributed by atoms with Gasteiger partial charge < -0.3 is 10.2 Å². The minimum Gasteiger partial charge on any atom is -0.336 e. The number of benzene rings is 1. The number of rotatable bonds is 5. The second-order valence-electron chi connectivity index (χ2n) is 7.08. The van der Waals surface area contributed by atoms with Crippen LogP contribution >= 0.6 is 11.6 Å². The van der Waals surface area contributed by atoms with Gasteiger partial charge in [0.05, 0.1) is 18.3 Å². The number of nitrogens with zero attached hydrogens (tertiary/aromatic N) is 3. The number of amides is 3. The first kappa shape index (κ1) is 21.4. The lowest BCUT2D eigenvalue weighted by Gasteiger charge is -2.33. The van der Waals surface area contributed by atoms with Crippen LogP contribution in [0.3, 0.4) is 0 Å². The third-order valence-electron chi connectivity index (χ3n) is 4.91. The van der Waals surface area contributed by atoms with E-state index in [2.05, 4.69) is 10.4 Å². The van der Waals surface area contributed by atoms with Crippen LogP contribution in [0.4, 0.5) is 18.0 Å². The maximum absolute atomic E-state index is 12.4. The molecule has 2 heterocycles. The van der Waals surface area contributed by atoms with Crippen LogP contribution in [-0.2, 0) is 4.79 Å². The summed E-state index contributed by atoms with van der Waals surface area (Å²) in [6.07, 6.45) is -3.26. The summed E-state index contributed by atoms with van der Waals surface area (Å²) in [5.74, 6) is 0.00958. The number of nitrogens with one attached hydrogen (secondary N) is 1. The topological polar surface area (TPSA) is 65.0 Å². The van der Waals surface area contributed by atoms with Gasteiger partial charge in [-0.3, -0.25) is 4.79 Å². The molecule has 1 saturated heterocycles. The number of carbonyl (C=O) groups is 2. The Morgan fingerprint density at radius 2 is 1.97 bits per heavy atom. The highest BCUT2D eigenvalue weighted by molar-refractivity contribution is 6.30. The first-order chi connectivity index (χ1) is 13.7. The molecular weight excluding hydrogens is 409 g/mol. The van der Waals surface area contributed by atoms with Gasteiger partial charge in [-0.15, -0.1) is 0 Å². The van der Waals surface area contributed by atoms with Crippen molar-refractivity contribution >= 4 is 29.3 Å². The fourth-order valence-corrected chi connectivity index (χ4v) is 3.59. The highest BCUT2D eigenvalue weighted by Gasteiger charge is 2.38. The summed E-state index contributed by atoms with van der Waals surface area (Å²) < 4.78 is 36.8. The van der Waals surface area contributed by atoms with Gasteiger partial charge in [-0.1, -0.05) is 23.7 Å². The van der Waals surface area contributed by atoms with E-state index in [0.717, 1.165) is 18.4 Å². The Kier molecular flexibility index (Phi) is 6.66. The van der Waals surface area contributed by atoms with Crippen LogP contribution in [0.2, 0.25) is 5.02 Å². The molecule has 158 valence electrons. The first-order valence-corrected chi connectivity index (χ1v) is 9.88. The smallest absolute Gasteiger partial charge is 0.336 e. The predicted octanol–water partition coefficient (Wildman–Crippen LogP) is 3.79. The van der Waals surface area contributed by atoms with Gasteiger partial charge in [-0.2, -0.15) is 18.3 Å². The summed E-state index contributed by atoms with van der Waals surface area (Å²) in [6.45, 7) is 0.639. The molecule has 0 aromatic heterocycles. The Balaban J connectivity index is 1.72. The molecule has 1 aromatic carbocycles. The Hall–Kier alpha value is -2.29. The van der Waals surface area contributed by atoms with Crippen molar-refractivity contribution in [2.45, 2.75) is 44.3 Å². The van der Waals surface area contributed by atoms with Gasteiger partial charge in [0.2, 0.25) is 5.91 Å². The largest absolute Gasteiger partial charge is 0.389 e. The highest BCUT2D eigenvalue weighted by Crippen LogP contribution is 2.24. The third-order valence-corrected chi connectivity index (χ3v) is 5.17. The number of hydrazone groups is 1.